The van der Waals surface area contributed by atoms with E-state index >= 15 is 0 Å². The molecule has 8 nitrogen and oxygen atoms in total. The second-order valence-corrected chi connectivity index (χ2v) is 7.18. The Bertz CT molecular complexity index is 1050. The van der Waals surface area contributed by atoms with Crippen LogP contribution >= 0.6 is 0 Å². The highest BCUT2D eigenvalue weighted by atomic mass is 16.6. The molecule has 1 amide bonds. The van der Waals surface area contributed by atoms with Crippen molar-refractivity contribution in [2.24, 2.45) is 0 Å². The summed E-state index contributed by atoms with van der Waals surface area (Å²) in [6, 6.07) is 13.2. The number of hydrogen-bond acceptors (Lipinski definition) is 7. The Morgan fingerprint density at radius 3 is 2.47 bits per heavy atom. The maximum absolute atomic E-state index is 12.5. The first-order valence-electron chi connectivity index (χ1n) is 10.0. The highest BCUT2D eigenvalue weighted by Gasteiger charge is 2.24. The van der Waals surface area contributed by atoms with Crippen LogP contribution in [0.25, 0.3) is 10.9 Å². The zero-order valence-corrected chi connectivity index (χ0v) is 16.5. The smallest absolute Gasteiger partial charge is 0.260 e. The summed E-state index contributed by atoms with van der Waals surface area (Å²) in [5, 5.41) is 0.925. The average molecular weight is 406 g/mol. The Labute approximate surface area is 174 Å². The van der Waals surface area contributed by atoms with Crippen LogP contribution in [0.1, 0.15) is 0 Å². The molecule has 3 heterocycles. The van der Waals surface area contributed by atoms with Gasteiger partial charge >= 0.3 is 0 Å². The summed E-state index contributed by atoms with van der Waals surface area (Å²) in [7, 11) is 0. The second kappa shape index (κ2) is 8.06. The van der Waals surface area contributed by atoms with E-state index in [9.17, 15) is 4.79 Å². The highest BCUT2D eigenvalue weighted by molar-refractivity contribution is 5.92. The van der Waals surface area contributed by atoms with Crippen molar-refractivity contribution < 1.29 is 19.0 Å². The monoisotopic (exact) mass is 406 g/mol. The third-order valence-corrected chi connectivity index (χ3v) is 5.32. The molecule has 2 aliphatic rings. The van der Waals surface area contributed by atoms with Crippen LogP contribution in [0.2, 0.25) is 0 Å². The van der Waals surface area contributed by atoms with E-state index in [1.807, 2.05) is 47.4 Å². The van der Waals surface area contributed by atoms with Gasteiger partial charge in [-0.25, -0.2) is 9.97 Å². The molecule has 0 N–H and O–H groups in total. The predicted molar refractivity (Wildman–Crippen MR) is 111 cm³/mol. The number of ether oxygens (including phenoxy) is 3. The number of rotatable bonds is 4. The SMILES string of the molecule is O=C(COc1ccccc1)N1CCN(c2ncnc3cc4c(cc23)OCCO4)CC1. The summed E-state index contributed by atoms with van der Waals surface area (Å²) in [6.07, 6.45) is 1.57. The third kappa shape index (κ3) is 3.68. The number of piperazine rings is 1. The zero-order valence-electron chi connectivity index (χ0n) is 16.5. The molecule has 154 valence electrons. The fourth-order valence-electron chi connectivity index (χ4n) is 3.75. The number of carbonyl (C=O) groups is 1. The maximum Gasteiger partial charge on any atom is 0.260 e. The molecule has 2 aliphatic heterocycles. The molecule has 0 radical (unpaired) electrons. The van der Waals surface area contributed by atoms with E-state index in [-0.39, 0.29) is 12.5 Å². The van der Waals surface area contributed by atoms with Gasteiger partial charge in [0.2, 0.25) is 0 Å². The standard InChI is InChI=1S/C22H22N4O4/c27-21(14-30-16-4-2-1-3-5-16)25-6-8-26(9-7-25)22-17-12-19-20(29-11-10-28-19)13-18(17)23-15-24-22/h1-5,12-13,15H,6-11,14H2. The molecule has 1 fully saturated rings. The summed E-state index contributed by atoms with van der Waals surface area (Å²) in [5.74, 6) is 2.98. The van der Waals surface area contributed by atoms with E-state index < -0.39 is 0 Å². The van der Waals surface area contributed by atoms with Crippen LogP contribution in [0, 0.1) is 0 Å². The number of nitrogens with zero attached hydrogens (tertiary/aromatic N) is 4. The Hall–Kier alpha value is -3.55. The number of hydrogen-bond donors (Lipinski definition) is 0. The van der Waals surface area contributed by atoms with Gasteiger partial charge in [-0.15, -0.1) is 0 Å². The molecule has 3 aromatic rings. The van der Waals surface area contributed by atoms with Gasteiger partial charge in [-0.1, -0.05) is 18.2 Å². The Morgan fingerprint density at radius 2 is 1.70 bits per heavy atom. The molecule has 1 aromatic heterocycles. The largest absolute Gasteiger partial charge is 0.486 e. The van der Waals surface area contributed by atoms with Crippen molar-refractivity contribution in [1.29, 1.82) is 0 Å². The number of para-hydroxylation sites is 1. The van der Waals surface area contributed by atoms with Crippen molar-refractivity contribution in [2.75, 3.05) is 50.9 Å². The van der Waals surface area contributed by atoms with E-state index in [0.717, 1.165) is 22.5 Å². The fourth-order valence-corrected chi connectivity index (χ4v) is 3.75. The van der Waals surface area contributed by atoms with E-state index in [2.05, 4.69) is 14.9 Å². The summed E-state index contributed by atoms with van der Waals surface area (Å²) in [4.78, 5) is 25.4. The quantitative estimate of drug-likeness (QED) is 0.657. The van der Waals surface area contributed by atoms with Crippen LogP contribution in [0.15, 0.2) is 48.8 Å². The molecule has 0 bridgehead atoms. The summed E-state index contributed by atoms with van der Waals surface area (Å²) < 4.78 is 17.0. The fraction of sp³-hybridized carbons (Fsp3) is 0.318. The maximum atomic E-state index is 12.5. The molecule has 0 atom stereocenters. The van der Waals surface area contributed by atoms with Crippen LogP contribution in [0.3, 0.4) is 0 Å². The van der Waals surface area contributed by atoms with Gasteiger partial charge in [0.05, 0.1) is 5.52 Å². The topological polar surface area (TPSA) is 77.0 Å². The molecule has 0 spiro atoms. The van der Waals surface area contributed by atoms with Crippen molar-refractivity contribution in [1.82, 2.24) is 14.9 Å². The molecule has 5 rings (SSSR count). The second-order valence-electron chi connectivity index (χ2n) is 7.18. The minimum atomic E-state index is -0.00864. The molecule has 2 aromatic carbocycles. The molecule has 1 saturated heterocycles. The number of benzene rings is 2. The molecule has 30 heavy (non-hydrogen) atoms. The Balaban J connectivity index is 1.26. The van der Waals surface area contributed by atoms with Crippen molar-refractivity contribution in [3.05, 3.63) is 48.8 Å². The first-order chi connectivity index (χ1) is 14.8. The van der Waals surface area contributed by atoms with E-state index in [1.54, 1.807) is 6.33 Å². The Morgan fingerprint density at radius 1 is 0.967 bits per heavy atom. The van der Waals surface area contributed by atoms with Crippen molar-refractivity contribution >= 4 is 22.6 Å². The lowest BCUT2D eigenvalue weighted by atomic mass is 10.1. The lowest BCUT2D eigenvalue weighted by Gasteiger charge is -2.35. The molecule has 8 heteroatoms. The minimum absolute atomic E-state index is 0.00864. The van der Waals surface area contributed by atoms with Crippen LogP contribution in [-0.2, 0) is 4.79 Å². The number of fused-ring (bicyclic) bond motifs is 2. The van der Waals surface area contributed by atoms with E-state index in [0.29, 0.717) is 50.9 Å². The van der Waals surface area contributed by atoms with Crippen molar-refractivity contribution in [3.63, 3.8) is 0 Å². The van der Waals surface area contributed by atoms with Gasteiger partial charge in [-0.2, -0.15) is 0 Å². The average Bonchev–Trinajstić information content (AvgIpc) is 2.81. The molecule has 0 saturated carbocycles. The van der Waals surface area contributed by atoms with Crippen LogP contribution in [-0.4, -0.2) is 66.8 Å². The highest BCUT2D eigenvalue weighted by Crippen LogP contribution is 2.36. The molecular weight excluding hydrogens is 384 g/mol. The number of carbonyl (C=O) groups excluding carboxylic acids is 1. The number of aromatic nitrogens is 2. The lowest BCUT2D eigenvalue weighted by molar-refractivity contribution is -0.133. The van der Waals surface area contributed by atoms with Gasteiger partial charge in [0.15, 0.2) is 18.1 Å². The molecule has 0 aliphatic carbocycles. The normalized spacial score (nSPS) is 15.9. The third-order valence-electron chi connectivity index (χ3n) is 5.32. The number of anilines is 1. The van der Waals surface area contributed by atoms with Gasteiger partial charge in [0.25, 0.3) is 5.91 Å². The molecular formula is C22H22N4O4. The zero-order chi connectivity index (χ0) is 20.3. The van der Waals surface area contributed by atoms with Gasteiger partial charge in [0, 0.05) is 37.6 Å². The predicted octanol–water partition coefficient (Wildman–Crippen LogP) is 2.13. The Kier molecular flexibility index (Phi) is 4.96. The van der Waals surface area contributed by atoms with Gasteiger partial charge < -0.3 is 24.0 Å². The van der Waals surface area contributed by atoms with Gasteiger partial charge in [0.1, 0.15) is 31.1 Å². The lowest BCUT2D eigenvalue weighted by Crippen LogP contribution is -2.50. The van der Waals surface area contributed by atoms with Crippen LogP contribution < -0.4 is 19.1 Å². The first kappa shape index (κ1) is 18.5. The number of amides is 1. The van der Waals surface area contributed by atoms with Crippen molar-refractivity contribution in [2.45, 2.75) is 0 Å². The van der Waals surface area contributed by atoms with Crippen LogP contribution in [0.5, 0.6) is 17.2 Å². The van der Waals surface area contributed by atoms with Crippen LogP contribution in [0.4, 0.5) is 5.82 Å². The van der Waals surface area contributed by atoms with E-state index in [1.165, 1.54) is 0 Å². The first-order valence-corrected chi connectivity index (χ1v) is 10.0. The van der Waals surface area contributed by atoms with E-state index in [4.69, 9.17) is 14.2 Å². The van der Waals surface area contributed by atoms with Gasteiger partial charge in [-0.05, 0) is 18.2 Å². The minimum Gasteiger partial charge on any atom is -0.486 e. The summed E-state index contributed by atoms with van der Waals surface area (Å²) in [5.41, 5.74) is 0.819. The van der Waals surface area contributed by atoms with Gasteiger partial charge in [-0.3, -0.25) is 4.79 Å². The van der Waals surface area contributed by atoms with Crippen molar-refractivity contribution in [3.8, 4) is 17.2 Å². The molecule has 0 unspecified atom stereocenters. The summed E-state index contributed by atoms with van der Waals surface area (Å²) in [6.45, 7) is 3.74. The summed E-state index contributed by atoms with van der Waals surface area (Å²) >= 11 is 0.